The molecule has 0 spiro atoms. The summed E-state index contributed by atoms with van der Waals surface area (Å²) < 4.78 is 5.63. The Morgan fingerprint density at radius 2 is 2.10 bits per heavy atom. The number of hydrogen-bond donors (Lipinski definition) is 2. The number of carboxylic acids is 1. The van der Waals surface area contributed by atoms with Gasteiger partial charge in [0.2, 0.25) is 0 Å². The number of urea groups is 1. The van der Waals surface area contributed by atoms with E-state index in [1.54, 1.807) is 7.05 Å². The van der Waals surface area contributed by atoms with Crippen LogP contribution in [0.2, 0.25) is 0 Å². The van der Waals surface area contributed by atoms with Crippen molar-refractivity contribution >= 4 is 12.0 Å². The summed E-state index contributed by atoms with van der Waals surface area (Å²) in [5.74, 6) is -0.835. The first-order valence-corrected chi connectivity index (χ1v) is 7.14. The molecule has 0 aliphatic heterocycles. The number of carbonyl (C=O) groups excluding carboxylic acids is 1. The number of amides is 2. The van der Waals surface area contributed by atoms with Gasteiger partial charge in [-0.05, 0) is 19.8 Å². The molecular weight excluding hydrogens is 260 g/mol. The molecule has 1 aliphatic carbocycles. The molecule has 1 fully saturated rings. The summed E-state index contributed by atoms with van der Waals surface area (Å²) in [5.41, 5.74) is -0.0619. The molecule has 0 heterocycles. The topological polar surface area (TPSA) is 78.9 Å². The van der Waals surface area contributed by atoms with E-state index in [1.807, 2.05) is 6.92 Å². The Kier molecular flexibility index (Phi) is 5.80. The van der Waals surface area contributed by atoms with Crippen LogP contribution in [0.5, 0.6) is 0 Å². The van der Waals surface area contributed by atoms with Crippen molar-refractivity contribution in [3.05, 3.63) is 0 Å². The molecule has 0 bridgehead atoms. The number of rotatable bonds is 7. The lowest BCUT2D eigenvalue weighted by Crippen LogP contribution is -2.63. The maximum absolute atomic E-state index is 12.0. The van der Waals surface area contributed by atoms with E-state index in [1.165, 1.54) is 4.90 Å². The SMILES string of the molecule is CCOC1CC(NC(=O)N(C)CCCC(=O)O)C1(C)C. The van der Waals surface area contributed by atoms with Crippen molar-refractivity contribution in [2.24, 2.45) is 5.41 Å². The van der Waals surface area contributed by atoms with Gasteiger partial charge in [0.1, 0.15) is 0 Å². The highest BCUT2D eigenvalue weighted by Gasteiger charge is 2.49. The van der Waals surface area contributed by atoms with Crippen molar-refractivity contribution in [2.75, 3.05) is 20.2 Å². The second kappa shape index (κ2) is 6.92. The number of carbonyl (C=O) groups is 2. The lowest BCUT2D eigenvalue weighted by atomic mass is 9.64. The van der Waals surface area contributed by atoms with Crippen molar-refractivity contribution in [1.82, 2.24) is 10.2 Å². The van der Waals surface area contributed by atoms with Crippen molar-refractivity contribution in [3.8, 4) is 0 Å². The molecule has 6 heteroatoms. The Morgan fingerprint density at radius 3 is 2.60 bits per heavy atom. The maximum atomic E-state index is 12.0. The van der Waals surface area contributed by atoms with Crippen LogP contribution in [0.15, 0.2) is 0 Å². The predicted octanol–water partition coefficient (Wildman–Crippen LogP) is 1.70. The molecule has 1 aliphatic rings. The van der Waals surface area contributed by atoms with Crippen LogP contribution in [0.4, 0.5) is 4.79 Å². The molecule has 0 radical (unpaired) electrons. The minimum Gasteiger partial charge on any atom is -0.481 e. The van der Waals surface area contributed by atoms with Gasteiger partial charge in [-0.1, -0.05) is 13.8 Å². The molecular formula is C14H26N2O4. The van der Waals surface area contributed by atoms with Gasteiger partial charge in [0, 0.05) is 38.1 Å². The van der Waals surface area contributed by atoms with Crippen LogP contribution in [-0.4, -0.2) is 54.4 Å². The molecule has 0 aromatic carbocycles. The summed E-state index contributed by atoms with van der Waals surface area (Å²) in [6.45, 7) is 7.28. The van der Waals surface area contributed by atoms with E-state index in [0.717, 1.165) is 6.42 Å². The highest BCUT2D eigenvalue weighted by atomic mass is 16.5. The first kappa shape index (κ1) is 16.8. The molecule has 20 heavy (non-hydrogen) atoms. The zero-order valence-electron chi connectivity index (χ0n) is 12.8. The third-order valence-corrected chi connectivity index (χ3v) is 4.07. The Bertz CT molecular complexity index is 357. The van der Waals surface area contributed by atoms with Gasteiger partial charge in [-0.3, -0.25) is 4.79 Å². The fourth-order valence-corrected chi connectivity index (χ4v) is 2.44. The van der Waals surface area contributed by atoms with Crippen LogP contribution in [0.3, 0.4) is 0 Å². The molecule has 2 unspecified atom stereocenters. The molecule has 2 atom stereocenters. The van der Waals surface area contributed by atoms with E-state index in [0.29, 0.717) is 19.6 Å². The van der Waals surface area contributed by atoms with Crippen molar-refractivity contribution in [1.29, 1.82) is 0 Å². The average molecular weight is 286 g/mol. The van der Waals surface area contributed by atoms with Gasteiger partial charge in [0.05, 0.1) is 6.10 Å². The third-order valence-electron chi connectivity index (χ3n) is 4.07. The van der Waals surface area contributed by atoms with E-state index in [2.05, 4.69) is 19.2 Å². The van der Waals surface area contributed by atoms with Gasteiger partial charge in [-0.25, -0.2) is 4.79 Å². The minimum atomic E-state index is -0.835. The normalized spacial score (nSPS) is 23.8. The monoisotopic (exact) mass is 286 g/mol. The molecule has 2 N–H and O–H groups in total. The van der Waals surface area contributed by atoms with Gasteiger partial charge in [0.25, 0.3) is 0 Å². The maximum Gasteiger partial charge on any atom is 0.317 e. The highest BCUT2D eigenvalue weighted by Crippen LogP contribution is 2.42. The number of aliphatic carboxylic acids is 1. The fraction of sp³-hybridized carbons (Fsp3) is 0.857. The largest absolute Gasteiger partial charge is 0.481 e. The van der Waals surface area contributed by atoms with Crippen LogP contribution < -0.4 is 5.32 Å². The standard InChI is InChI=1S/C14H26N2O4/c1-5-20-11-9-10(14(11,2)3)15-13(19)16(4)8-6-7-12(17)18/h10-11H,5-9H2,1-4H3,(H,15,19)(H,17,18). The zero-order valence-corrected chi connectivity index (χ0v) is 12.8. The second-order valence-corrected chi connectivity index (χ2v) is 5.92. The van der Waals surface area contributed by atoms with Crippen LogP contribution in [0.25, 0.3) is 0 Å². The fourth-order valence-electron chi connectivity index (χ4n) is 2.44. The average Bonchev–Trinajstić information content (AvgIpc) is 2.36. The van der Waals surface area contributed by atoms with Crippen LogP contribution in [0.1, 0.15) is 40.0 Å². The second-order valence-electron chi connectivity index (χ2n) is 5.92. The molecule has 0 aromatic heterocycles. The smallest absolute Gasteiger partial charge is 0.317 e. The minimum absolute atomic E-state index is 0.0619. The van der Waals surface area contributed by atoms with E-state index in [9.17, 15) is 9.59 Å². The Morgan fingerprint density at radius 1 is 1.45 bits per heavy atom. The Hall–Kier alpha value is -1.30. The summed E-state index contributed by atoms with van der Waals surface area (Å²) in [6.07, 6.45) is 1.57. The predicted molar refractivity (Wildman–Crippen MR) is 75.6 cm³/mol. The van der Waals surface area contributed by atoms with Crippen molar-refractivity contribution in [2.45, 2.75) is 52.2 Å². The van der Waals surface area contributed by atoms with Gasteiger partial charge in [-0.15, -0.1) is 0 Å². The number of hydrogen-bond acceptors (Lipinski definition) is 3. The summed E-state index contributed by atoms with van der Waals surface area (Å²) >= 11 is 0. The van der Waals surface area contributed by atoms with Crippen molar-refractivity contribution in [3.63, 3.8) is 0 Å². The molecule has 1 saturated carbocycles. The highest BCUT2D eigenvalue weighted by molar-refractivity contribution is 5.74. The summed E-state index contributed by atoms with van der Waals surface area (Å²) in [5, 5.41) is 11.6. The van der Waals surface area contributed by atoms with Gasteiger partial charge < -0.3 is 20.1 Å². The van der Waals surface area contributed by atoms with Crippen molar-refractivity contribution < 1.29 is 19.4 Å². The van der Waals surface area contributed by atoms with E-state index in [-0.39, 0.29) is 30.0 Å². The molecule has 0 saturated heterocycles. The first-order valence-electron chi connectivity index (χ1n) is 7.14. The number of nitrogens with zero attached hydrogens (tertiary/aromatic N) is 1. The quantitative estimate of drug-likeness (QED) is 0.746. The van der Waals surface area contributed by atoms with Gasteiger partial charge in [-0.2, -0.15) is 0 Å². The molecule has 1 rings (SSSR count). The van der Waals surface area contributed by atoms with Crippen LogP contribution in [-0.2, 0) is 9.53 Å². The molecule has 0 aromatic rings. The third kappa shape index (κ3) is 4.10. The van der Waals surface area contributed by atoms with Crippen LogP contribution >= 0.6 is 0 Å². The van der Waals surface area contributed by atoms with E-state index in [4.69, 9.17) is 9.84 Å². The van der Waals surface area contributed by atoms with Gasteiger partial charge >= 0.3 is 12.0 Å². The summed E-state index contributed by atoms with van der Waals surface area (Å²) in [4.78, 5) is 24.0. The molecule has 116 valence electrons. The van der Waals surface area contributed by atoms with Gasteiger partial charge in [0.15, 0.2) is 0 Å². The summed E-state index contributed by atoms with van der Waals surface area (Å²) in [7, 11) is 1.68. The lowest BCUT2D eigenvalue weighted by molar-refractivity contribution is -0.137. The Balaban J connectivity index is 2.34. The number of nitrogens with one attached hydrogen (secondary N) is 1. The zero-order chi connectivity index (χ0) is 15.3. The lowest BCUT2D eigenvalue weighted by Gasteiger charge is -2.51. The van der Waals surface area contributed by atoms with Crippen LogP contribution in [0, 0.1) is 5.41 Å². The van der Waals surface area contributed by atoms with E-state index < -0.39 is 5.97 Å². The number of carboxylic acid groups (broad SMARTS) is 1. The Labute approximate surface area is 120 Å². The first-order chi connectivity index (χ1) is 9.28. The van der Waals surface area contributed by atoms with E-state index >= 15 is 0 Å². The molecule has 6 nitrogen and oxygen atoms in total. The molecule has 2 amide bonds. The number of ether oxygens (including phenoxy) is 1. The summed E-state index contributed by atoms with van der Waals surface area (Å²) in [6, 6.07) is -0.0446.